The molecule has 1 aliphatic heterocycles. The van der Waals surface area contributed by atoms with Crippen molar-refractivity contribution in [2.45, 2.75) is 19.3 Å². The van der Waals surface area contributed by atoms with Crippen LogP contribution in [0.25, 0.3) is 0 Å². The zero-order valence-electron chi connectivity index (χ0n) is 11.9. The number of ether oxygens (including phenoxy) is 1. The van der Waals surface area contributed by atoms with Crippen molar-refractivity contribution in [3.63, 3.8) is 0 Å². The van der Waals surface area contributed by atoms with Crippen LogP contribution < -0.4 is 0 Å². The summed E-state index contributed by atoms with van der Waals surface area (Å²) in [6, 6.07) is 6.91. The summed E-state index contributed by atoms with van der Waals surface area (Å²) in [4.78, 5) is 18.4. The van der Waals surface area contributed by atoms with E-state index < -0.39 is 0 Å². The molecule has 5 heteroatoms. The molecule has 1 aromatic carbocycles. The van der Waals surface area contributed by atoms with Crippen molar-refractivity contribution in [3.05, 3.63) is 29.8 Å². The molecule has 0 amide bonds. The van der Waals surface area contributed by atoms with E-state index in [-0.39, 0.29) is 24.1 Å². The molecule has 1 aromatic rings. The Labute approximate surface area is 118 Å². The topological polar surface area (TPSA) is 62.1 Å². The smallest absolute Gasteiger partial charge is 0.306 e. The molecule has 0 saturated heterocycles. The minimum absolute atomic E-state index is 0.123. The molecule has 1 heterocycles. The number of aromatic hydroxyl groups is 1. The average Bonchev–Trinajstić information content (AvgIpc) is 2.84. The molecule has 0 saturated carbocycles. The van der Waals surface area contributed by atoms with Crippen molar-refractivity contribution in [2.24, 2.45) is 4.99 Å². The number of phenolic OH excluding ortho intramolecular Hbond substituents is 1. The van der Waals surface area contributed by atoms with E-state index in [4.69, 9.17) is 4.74 Å². The molecule has 0 fully saturated rings. The van der Waals surface area contributed by atoms with Gasteiger partial charge in [0.15, 0.2) is 0 Å². The zero-order valence-corrected chi connectivity index (χ0v) is 11.9. The third-order valence-corrected chi connectivity index (χ3v) is 3.38. The molecule has 5 nitrogen and oxygen atoms in total. The number of hydrogen-bond donors (Lipinski definition) is 1. The Bertz CT molecular complexity index is 496. The quantitative estimate of drug-likeness (QED) is 0.833. The fourth-order valence-electron chi connectivity index (χ4n) is 2.38. The van der Waals surface area contributed by atoms with E-state index in [0.717, 1.165) is 24.5 Å². The summed E-state index contributed by atoms with van der Waals surface area (Å²) in [5.41, 5.74) is 0.961. The molecule has 0 spiro atoms. The third-order valence-electron chi connectivity index (χ3n) is 3.38. The normalized spacial score (nSPS) is 15.9. The number of likely N-dealkylation sites (N-methyl/N-ethyl adjacent to an activating group) is 1. The number of phenols is 1. The predicted molar refractivity (Wildman–Crippen MR) is 77.0 cm³/mol. The van der Waals surface area contributed by atoms with Crippen molar-refractivity contribution in [1.82, 2.24) is 4.90 Å². The number of esters is 1. The molecule has 1 aliphatic rings. The summed E-state index contributed by atoms with van der Waals surface area (Å²) in [6.45, 7) is 3.80. The number of carbonyl (C=O) groups excluding carboxylic acids is 1. The summed E-state index contributed by atoms with van der Waals surface area (Å²) < 4.78 is 5.05. The van der Waals surface area contributed by atoms with Crippen LogP contribution in [0.5, 0.6) is 5.75 Å². The Morgan fingerprint density at radius 2 is 2.15 bits per heavy atom. The first-order valence-corrected chi connectivity index (χ1v) is 6.82. The van der Waals surface area contributed by atoms with Gasteiger partial charge in [0.1, 0.15) is 11.6 Å². The van der Waals surface area contributed by atoms with Crippen LogP contribution in [0, 0.1) is 0 Å². The summed E-state index contributed by atoms with van der Waals surface area (Å²) >= 11 is 0. The largest absolute Gasteiger partial charge is 0.508 e. The van der Waals surface area contributed by atoms with Gasteiger partial charge in [0, 0.05) is 13.6 Å². The van der Waals surface area contributed by atoms with Crippen LogP contribution in [-0.4, -0.2) is 48.6 Å². The van der Waals surface area contributed by atoms with Crippen LogP contribution in [0.3, 0.4) is 0 Å². The highest BCUT2D eigenvalue weighted by Gasteiger charge is 2.27. The maximum atomic E-state index is 11.8. The molecule has 20 heavy (non-hydrogen) atoms. The molecule has 1 N–H and O–H groups in total. The van der Waals surface area contributed by atoms with E-state index in [1.54, 1.807) is 19.1 Å². The molecule has 1 atom stereocenters. The minimum Gasteiger partial charge on any atom is -0.508 e. The maximum absolute atomic E-state index is 11.8. The molecule has 108 valence electrons. The van der Waals surface area contributed by atoms with E-state index >= 15 is 0 Å². The van der Waals surface area contributed by atoms with Gasteiger partial charge in [-0.15, -0.1) is 0 Å². The first-order valence-electron chi connectivity index (χ1n) is 6.82. The van der Waals surface area contributed by atoms with E-state index in [9.17, 15) is 9.90 Å². The highest BCUT2D eigenvalue weighted by molar-refractivity contribution is 5.93. The summed E-state index contributed by atoms with van der Waals surface area (Å²) in [5, 5.41) is 9.39. The number of aliphatic imine (C=N–C) groups is 1. The number of nitrogens with zero attached hydrogens (tertiary/aromatic N) is 2. The van der Waals surface area contributed by atoms with Crippen molar-refractivity contribution in [3.8, 4) is 5.75 Å². The molecular weight excluding hydrogens is 256 g/mol. The lowest BCUT2D eigenvalue weighted by atomic mass is 9.94. The molecule has 0 aliphatic carbocycles. The van der Waals surface area contributed by atoms with E-state index in [1.807, 2.05) is 19.2 Å². The van der Waals surface area contributed by atoms with Crippen molar-refractivity contribution < 1.29 is 14.6 Å². The van der Waals surface area contributed by atoms with E-state index in [0.29, 0.717) is 6.61 Å². The van der Waals surface area contributed by atoms with Gasteiger partial charge in [-0.05, 0) is 24.6 Å². The fraction of sp³-hybridized carbons (Fsp3) is 0.467. The third kappa shape index (κ3) is 3.29. The van der Waals surface area contributed by atoms with Crippen LogP contribution in [0.15, 0.2) is 29.3 Å². The first kappa shape index (κ1) is 14.4. The second-order valence-corrected chi connectivity index (χ2v) is 4.81. The van der Waals surface area contributed by atoms with Gasteiger partial charge in [-0.25, -0.2) is 0 Å². The van der Waals surface area contributed by atoms with Gasteiger partial charge < -0.3 is 14.7 Å². The van der Waals surface area contributed by atoms with Crippen LogP contribution in [0.4, 0.5) is 0 Å². The predicted octanol–water partition coefficient (Wildman–Crippen LogP) is 1.77. The Morgan fingerprint density at radius 3 is 2.70 bits per heavy atom. The number of amidine groups is 1. The average molecular weight is 276 g/mol. The minimum atomic E-state index is -0.228. The molecule has 0 bridgehead atoms. The molecule has 0 aromatic heterocycles. The lowest BCUT2D eigenvalue weighted by molar-refractivity contribution is -0.143. The maximum Gasteiger partial charge on any atom is 0.306 e. The Kier molecular flexibility index (Phi) is 4.61. The molecular formula is C15H20N2O3. The van der Waals surface area contributed by atoms with Crippen molar-refractivity contribution in [1.29, 1.82) is 0 Å². The van der Waals surface area contributed by atoms with Crippen molar-refractivity contribution in [2.75, 3.05) is 26.7 Å². The zero-order chi connectivity index (χ0) is 14.5. The second kappa shape index (κ2) is 6.41. The van der Waals surface area contributed by atoms with Gasteiger partial charge in [0.05, 0.1) is 25.5 Å². The van der Waals surface area contributed by atoms with Crippen LogP contribution >= 0.6 is 0 Å². The van der Waals surface area contributed by atoms with Gasteiger partial charge in [0.25, 0.3) is 0 Å². The Hall–Kier alpha value is -2.04. The van der Waals surface area contributed by atoms with E-state index in [2.05, 4.69) is 9.89 Å². The highest BCUT2D eigenvalue weighted by atomic mass is 16.5. The standard InChI is InChI=1S/C15H20N2O3/c1-3-20-14(19)10-13(15-16-8-9-17(15)2)11-4-6-12(18)7-5-11/h4-7,13,18H,3,8-10H2,1-2H3/t13-/m0/s1. The molecule has 0 unspecified atom stereocenters. The van der Waals surface area contributed by atoms with Crippen LogP contribution in [-0.2, 0) is 9.53 Å². The van der Waals surface area contributed by atoms with Crippen molar-refractivity contribution >= 4 is 11.8 Å². The number of rotatable bonds is 5. The number of carbonyl (C=O) groups is 1. The Balaban J connectivity index is 2.24. The van der Waals surface area contributed by atoms with Gasteiger partial charge in [0.2, 0.25) is 0 Å². The fourth-order valence-corrected chi connectivity index (χ4v) is 2.38. The van der Waals surface area contributed by atoms with Gasteiger partial charge in [-0.2, -0.15) is 0 Å². The van der Waals surface area contributed by atoms with E-state index in [1.165, 1.54) is 0 Å². The highest BCUT2D eigenvalue weighted by Crippen LogP contribution is 2.27. The number of benzene rings is 1. The Morgan fingerprint density at radius 1 is 1.45 bits per heavy atom. The monoisotopic (exact) mass is 276 g/mol. The van der Waals surface area contributed by atoms with Gasteiger partial charge >= 0.3 is 5.97 Å². The molecule has 2 rings (SSSR count). The summed E-state index contributed by atoms with van der Waals surface area (Å²) in [6.07, 6.45) is 0.266. The molecule has 0 radical (unpaired) electrons. The van der Waals surface area contributed by atoms with Crippen LogP contribution in [0.2, 0.25) is 0 Å². The van der Waals surface area contributed by atoms with Gasteiger partial charge in [-0.1, -0.05) is 12.1 Å². The lowest BCUT2D eigenvalue weighted by Crippen LogP contribution is -2.30. The summed E-state index contributed by atoms with van der Waals surface area (Å²) in [7, 11) is 1.98. The van der Waals surface area contributed by atoms with Gasteiger partial charge in [-0.3, -0.25) is 9.79 Å². The lowest BCUT2D eigenvalue weighted by Gasteiger charge is -2.23. The second-order valence-electron chi connectivity index (χ2n) is 4.81. The number of hydrogen-bond acceptors (Lipinski definition) is 5. The first-order chi connectivity index (χ1) is 9.61. The van der Waals surface area contributed by atoms with Crippen LogP contribution in [0.1, 0.15) is 24.8 Å². The SMILES string of the molecule is CCOC(=O)C[C@H](C1=NCCN1C)c1ccc(O)cc1. The summed E-state index contributed by atoms with van der Waals surface area (Å²) in [5.74, 6) is 0.768.